The van der Waals surface area contributed by atoms with E-state index in [1.807, 2.05) is 6.92 Å². The van der Waals surface area contributed by atoms with E-state index in [-0.39, 0.29) is 18.7 Å². The molecule has 0 bridgehead atoms. The maximum Gasteiger partial charge on any atom is 0.338 e. The lowest BCUT2D eigenvalue weighted by atomic mass is 10.1. The van der Waals surface area contributed by atoms with Crippen LogP contribution in [0.3, 0.4) is 0 Å². The van der Waals surface area contributed by atoms with E-state index < -0.39 is 17.4 Å². The first-order valence-electron chi connectivity index (χ1n) is 10.1. The van der Waals surface area contributed by atoms with E-state index in [1.54, 1.807) is 55.5 Å². The monoisotopic (exact) mass is 482 g/mol. The molecule has 168 valence electrons. The van der Waals surface area contributed by atoms with Gasteiger partial charge in [-0.1, -0.05) is 23.7 Å². The van der Waals surface area contributed by atoms with Crippen LogP contribution in [0.15, 0.2) is 53.3 Å². The van der Waals surface area contributed by atoms with Gasteiger partial charge in [0.05, 0.1) is 21.9 Å². The highest BCUT2D eigenvalue weighted by atomic mass is 35.5. The third-order valence-corrected chi connectivity index (χ3v) is 5.93. The Labute approximate surface area is 197 Å². The van der Waals surface area contributed by atoms with Crippen molar-refractivity contribution in [3.63, 3.8) is 0 Å². The quantitative estimate of drug-likeness (QED) is 0.411. The Morgan fingerprint density at radius 1 is 1.12 bits per heavy atom. The van der Waals surface area contributed by atoms with Gasteiger partial charge in [-0.25, -0.2) is 14.5 Å². The summed E-state index contributed by atoms with van der Waals surface area (Å²) in [5.74, 6) is -0.880. The summed E-state index contributed by atoms with van der Waals surface area (Å²) in [5, 5.41) is 8.48. The average molecular weight is 483 g/mol. The van der Waals surface area contributed by atoms with Gasteiger partial charge in [-0.2, -0.15) is 5.10 Å². The van der Waals surface area contributed by atoms with E-state index in [0.29, 0.717) is 26.7 Å². The zero-order valence-corrected chi connectivity index (χ0v) is 19.4. The molecule has 8 nitrogen and oxygen atoms in total. The minimum Gasteiger partial charge on any atom is -0.462 e. The van der Waals surface area contributed by atoms with Crippen LogP contribution in [-0.4, -0.2) is 33.2 Å². The molecule has 1 amide bonds. The van der Waals surface area contributed by atoms with Gasteiger partial charge in [-0.15, -0.1) is 11.3 Å². The summed E-state index contributed by atoms with van der Waals surface area (Å²) < 4.78 is 6.71. The van der Waals surface area contributed by atoms with E-state index in [4.69, 9.17) is 16.3 Å². The zero-order chi connectivity index (χ0) is 23.5. The van der Waals surface area contributed by atoms with Crippen molar-refractivity contribution < 1.29 is 14.3 Å². The van der Waals surface area contributed by atoms with E-state index in [2.05, 4.69) is 15.4 Å². The number of benzene rings is 2. The van der Waals surface area contributed by atoms with Gasteiger partial charge in [-0.05, 0) is 50.2 Å². The molecule has 2 aromatic heterocycles. The SMILES string of the molecule is CCOC(=O)c1ccc(NC(=O)Cn2nc(-c3ccc(Cl)cc3)c3sc(C)nc3c2=O)cc1. The van der Waals surface area contributed by atoms with Gasteiger partial charge in [0.2, 0.25) is 5.91 Å². The van der Waals surface area contributed by atoms with Crippen molar-refractivity contribution in [2.75, 3.05) is 11.9 Å². The number of fused-ring (bicyclic) bond motifs is 1. The Bertz CT molecular complexity index is 1400. The number of ether oxygens (including phenoxy) is 1. The fraction of sp³-hybridized carbons (Fsp3) is 0.174. The molecule has 0 unspecified atom stereocenters. The number of nitrogens with one attached hydrogen (secondary N) is 1. The second-order valence-corrected chi connectivity index (χ2v) is 8.71. The molecule has 0 atom stereocenters. The highest BCUT2D eigenvalue weighted by Crippen LogP contribution is 2.30. The fourth-order valence-electron chi connectivity index (χ4n) is 3.21. The maximum atomic E-state index is 12.9. The lowest BCUT2D eigenvalue weighted by Crippen LogP contribution is -2.30. The maximum absolute atomic E-state index is 12.9. The number of nitrogens with zero attached hydrogens (tertiary/aromatic N) is 3. The second-order valence-electron chi connectivity index (χ2n) is 7.07. The smallest absolute Gasteiger partial charge is 0.338 e. The van der Waals surface area contributed by atoms with Crippen LogP contribution in [0.4, 0.5) is 5.69 Å². The first-order valence-corrected chi connectivity index (χ1v) is 11.3. The summed E-state index contributed by atoms with van der Waals surface area (Å²) in [6.07, 6.45) is 0. The first kappa shape index (κ1) is 22.6. The molecule has 4 rings (SSSR count). The molecule has 10 heteroatoms. The van der Waals surface area contributed by atoms with Gasteiger partial charge >= 0.3 is 5.97 Å². The van der Waals surface area contributed by atoms with Gasteiger partial charge in [0.15, 0.2) is 5.52 Å². The fourth-order valence-corrected chi connectivity index (χ4v) is 4.25. The Morgan fingerprint density at radius 3 is 2.48 bits per heavy atom. The topological polar surface area (TPSA) is 103 Å². The standard InChI is InChI=1S/C23H19ClN4O4S/c1-3-32-23(31)15-6-10-17(11-7-15)26-18(29)12-28-22(30)20-21(33-13(2)25-20)19(27-28)14-4-8-16(24)9-5-14/h4-11H,3,12H2,1-2H3,(H,26,29). The molecule has 2 heterocycles. The summed E-state index contributed by atoms with van der Waals surface area (Å²) in [5.41, 5.74) is 1.99. The van der Waals surface area contributed by atoms with Crippen LogP contribution in [0.2, 0.25) is 5.02 Å². The van der Waals surface area contributed by atoms with Crippen LogP contribution in [0.5, 0.6) is 0 Å². The Hall–Kier alpha value is -3.56. The van der Waals surface area contributed by atoms with Gasteiger partial charge in [-0.3, -0.25) is 9.59 Å². The number of hydrogen-bond donors (Lipinski definition) is 1. The van der Waals surface area contributed by atoms with Crippen molar-refractivity contribution in [2.45, 2.75) is 20.4 Å². The number of thiazole rings is 1. The largest absolute Gasteiger partial charge is 0.462 e. The molecule has 0 saturated carbocycles. The van der Waals surface area contributed by atoms with Crippen molar-refractivity contribution in [3.05, 3.63) is 74.5 Å². The van der Waals surface area contributed by atoms with Gasteiger partial charge < -0.3 is 10.1 Å². The molecule has 0 spiro atoms. The molecular formula is C23H19ClN4O4S. The molecule has 0 saturated heterocycles. The number of amides is 1. The van der Waals surface area contributed by atoms with Crippen LogP contribution >= 0.6 is 22.9 Å². The molecule has 1 N–H and O–H groups in total. The number of halogens is 1. The number of rotatable bonds is 6. The summed E-state index contributed by atoms with van der Waals surface area (Å²) in [4.78, 5) is 41.7. The van der Waals surface area contributed by atoms with Gasteiger partial charge in [0, 0.05) is 16.3 Å². The van der Waals surface area contributed by atoms with Crippen LogP contribution in [0, 0.1) is 6.92 Å². The molecular weight excluding hydrogens is 464 g/mol. The number of hydrogen-bond acceptors (Lipinski definition) is 7. The minimum atomic E-state index is -0.445. The number of aryl methyl sites for hydroxylation is 1. The van der Waals surface area contributed by atoms with Crippen molar-refractivity contribution in [2.24, 2.45) is 0 Å². The lowest BCUT2D eigenvalue weighted by molar-refractivity contribution is -0.117. The predicted octanol–water partition coefficient (Wildman–Crippen LogP) is 4.30. The molecule has 0 aliphatic heterocycles. The predicted molar refractivity (Wildman–Crippen MR) is 128 cm³/mol. The Kier molecular flexibility index (Phi) is 6.52. The molecule has 2 aromatic carbocycles. The number of carbonyl (C=O) groups excluding carboxylic acids is 2. The number of carbonyl (C=O) groups is 2. The van der Waals surface area contributed by atoms with Crippen LogP contribution in [-0.2, 0) is 16.1 Å². The van der Waals surface area contributed by atoms with E-state index >= 15 is 0 Å². The summed E-state index contributed by atoms with van der Waals surface area (Å²) >= 11 is 7.37. The van der Waals surface area contributed by atoms with Crippen LogP contribution in [0.1, 0.15) is 22.3 Å². The summed E-state index contributed by atoms with van der Waals surface area (Å²) in [7, 11) is 0. The number of anilines is 1. The second kappa shape index (κ2) is 9.51. The van der Waals surface area contributed by atoms with Gasteiger partial charge in [0.1, 0.15) is 12.2 Å². The van der Waals surface area contributed by atoms with Crippen molar-refractivity contribution in [1.29, 1.82) is 0 Å². The molecule has 33 heavy (non-hydrogen) atoms. The Morgan fingerprint density at radius 2 is 1.82 bits per heavy atom. The molecule has 4 aromatic rings. The average Bonchev–Trinajstić information content (AvgIpc) is 3.19. The minimum absolute atomic E-state index is 0.268. The number of aromatic nitrogens is 3. The summed E-state index contributed by atoms with van der Waals surface area (Å²) in [6.45, 7) is 3.52. The normalized spacial score (nSPS) is 10.9. The highest BCUT2D eigenvalue weighted by Gasteiger charge is 2.18. The van der Waals surface area contributed by atoms with E-state index in [9.17, 15) is 14.4 Å². The first-order chi connectivity index (χ1) is 15.9. The molecule has 0 radical (unpaired) electrons. The van der Waals surface area contributed by atoms with Gasteiger partial charge in [0.25, 0.3) is 5.56 Å². The van der Waals surface area contributed by atoms with Crippen LogP contribution < -0.4 is 10.9 Å². The number of esters is 1. The molecule has 0 fully saturated rings. The van der Waals surface area contributed by atoms with Crippen LogP contribution in [0.25, 0.3) is 21.5 Å². The molecule has 0 aliphatic carbocycles. The highest BCUT2D eigenvalue weighted by molar-refractivity contribution is 7.19. The van der Waals surface area contributed by atoms with Crippen molar-refractivity contribution in [3.8, 4) is 11.3 Å². The zero-order valence-electron chi connectivity index (χ0n) is 17.8. The Balaban J connectivity index is 1.61. The molecule has 0 aliphatic rings. The third kappa shape index (κ3) is 4.94. The lowest BCUT2D eigenvalue weighted by Gasteiger charge is -2.10. The summed E-state index contributed by atoms with van der Waals surface area (Å²) in [6, 6.07) is 13.4. The van der Waals surface area contributed by atoms with E-state index in [0.717, 1.165) is 15.3 Å². The van der Waals surface area contributed by atoms with E-state index in [1.165, 1.54) is 11.3 Å². The third-order valence-electron chi connectivity index (χ3n) is 4.70. The van der Waals surface area contributed by atoms with Crippen molar-refractivity contribution in [1.82, 2.24) is 14.8 Å². The van der Waals surface area contributed by atoms with Crippen molar-refractivity contribution >= 4 is 50.7 Å².